The molecule has 0 bridgehead atoms. The van der Waals surface area contributed by atoms with Crippen LogP contribution in [0.1, 0.15) is 30.9 Å². The molecule has 1 fully saturated rings. The van der Waals surface area contributed by atoms with Crippen molar-refractivity contribution < 1.29 is 10.2 Å². The van der Waals surface area contributed by atoms with Gasteiger partial charge in [0.1, 0.15) is 0 Å². The zero-order chi connectivity index (χ0) is 13.1. The van der Waals surface area contributed by atoms with Crippen LogP contribution in [0.15, 0.2) is 18.2 Å². The molecule has 1 aromatic rings. The molecule has 1 unspecified atom stereocenters. The van der Waals surface area contributed by atoms with Gasteiger partial charge in [0.15, 0.2) is 0 Å². The van der Waals surface area contributed by atoms with Gasteiger partial charge in [0.2, 0.25) is 0 Å². The molecule has 0 aliphatic carbocycles. The van der Waals surface area contributed by atoms with Gasteiger partial charge in [-0.05, 0) is 55.9 Å². The minimum atomic E-state index is -0.189. The Morgan fingerprint density at radius 3 is 2.50 bits per heavy atom. The van der Waals surface area contributed by atoms with Crippen molar-refractivity contribution in [3.63, 3.8) is 0 Å². The summed E-state index contributed by atoms with van der Waals surface area (Å²) in [4.78, 5) is 2.37. The summed E-state index contributed by atoms with van der Waals surface area (Å²) in [5, 5.41) is 18.8. The monoisotopic (exact) mass is 249 g/mol. The summed E-state index contributed by atoms with van der Waals surface area (Å²) < 4.78 is 0. The van der Waals surface area contributed by atoms with E-state index in [1.165, 1.54) is 5.69 Å². The number of piperidine rings is 1. The van der Waals surface area contributed by atoms with Crippen LogP contribution in [0.25, 0.3) is 0 Å². The molecule has 2 N–H and O–H groups in total. The Morgan fingerprint density at radius 1 is 1.33 bits per heavy atom. The molecule has 0 aromatic heterocycles. The molecule has 1 aliphatic heterocycles. The third-order valence-corrected chi connectivity index (χ3v) is 4.08. The zero-order valence-corrected chi connectivity index (χ0v) is 11.3. The van der Waals surface area contributed by atoms with Gasteiger partial charge in [0, 0.05) is 18.8 Å². The fourth-order valence-corrected chi connectivity index (χ4v) is 2.69. The van der Waals surface area contributed by atoms with Gasteiger partial charge in [-0.3, -0.25) is 0 Å². The summed E-state index contributed by atoms with van der Waals surface area (Å²) in [7, 11) is 0. The van der Waals surface area contributed by atoms with E-state index in [9.17, 15) is 10.2 Å². The maximum Gasteiger partial charge on any atom is 0.0684 e. The molecule has 0 spiro atoms. The average molecular weight is 249 g/mol. The van der Waals surface area contributed by atoms with E-state index in [1.807, 2.05) is 19.9 Å². The van der Waals surface area contributed by atoms with E-state index in [-0.39, 0.29) is 12.7 Å². The molecule has 1 aliphatic rings. The second kappa shape index (κ2) is 5.72. The van der Waals surface area contributed by atoms with Crippen molar-refractivity contribution >= 4 is 5.69 Å². The lowest BCUT2D eigenvalue weighted by atomic mass is 9.92. The van der Waals surface area contributed by atoms with Crippen LogP contribution in [0, 0.1) is 12.8 Å². The molecule has 18 heavy (non-hydrogen) atoms. The van der Waals surface area contributed by atoms with Crippen molar-refractivity contribution in [3.05, 3.63) is 29.3 Å². The van der Waals surface area contributed by atoms with Crippen molar-refractivity contribution in [1.82, 2.24) is 0 Å². The number of aliphatic hydroxyl groups excluding tert-OH is 2. The van der Waals surface area contributed by atoms with E-state index >= 15 is 0 Å². The van der Waals surface area contributed by atoms with Crippen LogP contribution in [0.5, 0.6) is 0 Å². The Hall–Kier alpha value is -1.06. The van der Waals surface area contributed by atoms with Crippen molar-refractivity contribution in [2.45, 2.75) is 39.4 Å². The minimum Gasteiger partial charge on any atom is -0.393 e. The number of benzene rings is 1. The highest BCUT2D eigenvalue weighted by atomic mass is 16.3. The SMILES string of the molecule is Cc1cc(N2CCC(C(C)O)CC2)ccc1CO. The van der Waals surface area contributed by atoms with Crippen LogP contribution in [0.4, 0.5) is 5.69 Å². The van der Waals surface area contributed by atoms with Gasteiger partial charge >= 0.3 is 0 Å². The second-order valence-corrected chi connectivity index (χ2v) is 5.33. The Bertz CT molecular complexity index is 395. The highest BCUT2D eigenvalue weighted by Crippen LogP contribution is 2.26. The Balaban J connectivity index is 2.03. The number of aliphatic hydroxyl groups is 2. The van der Waals surface area contributed by atoms with E-state index < -0.39 is 0 Å². The molecule has 2 rings (SSSR count). The Labute approximate surface area is 109 Å². The van der Waals surface area contributed by atoms with Crippen LogP contribution in [-0.4, -0.2) is 29.4 Å². The van der Waals surface area contributed by atoms with Gasteiger partial charge in [0.25, 0.3) is 0 Å². The van der Waals surface area contributed by atoms with E-state index in [4.69, 9.17) is 0 Å². The zero-order valence-electron chi connectivity index (χ0n) is 11.3. The summed E-state index contributed by atoms with van der Waals surface area (Å²) in [6.45, 7) is 6.05. The van der Waals surface area contributed by atoms with Crippen LogP contribution < -0.4 is 4.90 Å². The fraction of sp³-hybridized carbons (Fsp3) is 0.600. The lowest BCUT2D eigenvalue weighted by Gasteiger charge is -2.35. The Morgan fingerprint density at radius 2 is 2.00 bits per heavy atom. The average Bonchev–Trinajstić information content (AvgIpc) is 2.38. The van der Waals surface area contributed by atoms with Gasteiger partial charge in [0.05, 0.1) is 12.7 Å². The maximum absolute atomic E-state index is 9.60. The summed E-state index contributed by atoms with van der Waals surface area (Å²) in [5.74, 6) is 0.444. The van der Waals surface area contributed by atoms with Gasteiger partial charge in [-0.2, -0.15) is 0 Å². The normalized spacial score (nSPS) is 19.0. The third-order valence-electron chi connectivity index (χ3n) is 4.08. The number of aryl methyl sites for hydroxylation is 1. The summed E-state index contributed by atoms with van der Waals surface area (Å²) >= 11 is 0. The van der Waals surface area contributed by atoms with E-state index in [0.29, 0.717) is 5.92 Å². The fourth-order valence-electron chi connectivity index (χ4n) is 2.69. The van der Waals surface area contributed by atoms with E-state index in [0.717, 1.165) is 37.1 Å². The number of hydrogen-bond acceptors (Lipinski definition) is 3. The number of hydrogen-bond donors (Lipinski definition) is 2. The lowest BCUT2D eigenvalue weighted by Crippen LogP contribution is -2.37. The molecule has 0 saturated carbocycles. The maximum atomic E-state index is 9.60. The molecule has 3 nitrogen and oxygen atoms in total. The predicted molar refractivity (Wildman–Crippen MR) is 73.7 cm³/mol. The van der Waals surface area contributed by atoms with E-state index in [2.05, 4.69) is 17.0 Å². The summed E-state index contributed by atoms with van der Waals surface area (Å²) in [5.41, 5.74) is 3.37. The quantitative estimate of drug-likeness (QED) is 0.862. The predicted octanol–water partition coefficient (Wildman–Crippen LogP) is 2.08. The van der Waals surface area contributed by atoms with Gasteiger partial charge < -0.3 is 15.1 Å². The van der Waals surface area contributed by atoms with Gasteiger partial charge in [-0.15, -0.1) is 0 Å². The largest absolute Gasteiger partial charge is 0.393 e. The summed E-state index contributed by atoms with van der Waals surface area (Å²) in [6.07, 6.45) is 1.92. The number of rotatable bonds is 3. The Kier molecular flexibility index (Phi) is 4.25. The minimum absolute atomic E-state index is 0.107. The second-order valence-electron chi connectivity index (χ2n) is 5.33. The van der Waals surface area contributed by atoms with Crippen LogP contribution in [-0.2, 0) is 6.61 Å². The van der Waals surface area contributed by atoms with Crippen LogP contribution in [0.2, 0.25) is 0 Å². The topological polar surface area (TPSA) is 43.7 Å². The molecule has 3 heteroatoms. The molecule has 1 saturated heterocycles. The first-order valence-corrected chi connectivity index (χ1v) is 6.75. The van der Waals surface area contributed by atoms with Gasteiger partial charge in [-0.25, -0.2) is 0 Å². The third kappa shape index (κ3) is 2.85. The molecule has 1 aromatic carbocycles. The van der Waals surface area contributed by atoms with Crippen molar-refractivity contribution in [2.75, 3.05) is 18.0 Å². The molecule has 0 radical (unpaired) electrons. The smallest absolute Gasteiger partial charge is 0.0684 e. The van der Waals surface area contributed by atoms with Crippen molar-refractivity contribution in [1.29, 1.82) is 0 Å². The molecule has 100 valence electrons. The highest BCUT2D eigenvalue weighted by molar-refractivity contribution is 5.51. The highest BCUT2D eigenvalue weighted by Gasteiger charge is 2.22. The lowest BCUT2D eigenvalue weighted by molar-refractivity contribution is 0.110. The van der Waals surface area contributed by atoms with Gasteiger partial charge in [-0.1, -0.05) is 6.07 Å². The van der Waals surface area contributed by atoms with Crippen molar-refractivity contribution in [2.24, 2.45) is 5.92 Å². The first kappa shape index (κ1) is 13.4. The standard InChI is InChI=1S/C15H23NO2/c1-11-9-15(4-3-14(11)10-17)16-7-5-13(6-8-16)12(2)18/h3-4,9,12-13,17-18H,5-8,10H2,1-2H3. The first-order chi connectivity index (χ1) is 8.61. The van der Waals surface area contributed by atoms with Crippen LogP contribution >= 0.6 is 0 Å². The van der Waals surface area contributed by atoms with Crippen molar-refractivity contribution in [3.8, 4) is 0 Å². The number of anilines is 1. The molecule has 1 heterocycles. The number of nitrogens with zero attached hydrogens (tertiary/aromatic N) is 1. The molecule has 0 amide bonds. The van der Waals surface area contributed by atoms with Crippen LogP contribution in [0.3, 0.4) is 0 Å². The molecular formula is C15H23NO2. The van der Waals surface area contributed by atoms with E-state index in [1.54, 1.807) is 0 Å². The first-order valence-electron chi connectivity index (χ1n) is 6.75. The molecule has 1 atom stereocenters. The summed E-state index contributed by atoms with van der Waals surface area (Å²) in [6, 6.07) is 6.24. The molecular weight excluding hydrogens is 226 g/mol.